The van der Waals surface area contributed by atoms with Crippen molar-refractivity contribution in [1.29, 1.82) is 0 Å². The molecule has 9 heteroatoms. The van der Waals surface area contributed by atoms with Crippen LogP contribution in [-0.4, -0.2) is 44.4 Å². The van der Waals surface area contributed by atoms with E-state index in [4.69, 9.17) is 37.4 Å². The number of carboxylic acid groups (broad SMARTS) is 1. The summed E-state index contributed by atoms with van der Waals surface area (Å²) in [6.07, 6.45) is 0.0559. The number of rotatable bonds is 9. The number of methoxy groups -OCH3 is 3. The lowest BCUT2D eigenvalue weighted by molar-refractivity contribution is -0.139. The van der Waals surface area contributed by atoms with Crippen LogP contribution in [0.4, 0.5) is 0 Å². The molecular formula is C25H23Cl2NO6. The van der Waals surface area contributed by atoms with Gasteiger partial charge in [0.25, 0.3) is 5.91 Å². The molecule has 2 N–H and O–H groups in total. The summed E-state index contributed by atoms with van der Waals surface area (Å²) in [5.41, 5.74) is 2.27. The number of hydrogen-bond donors (Lipinski definition) is 2. The van der Waals surface area contributed by atoms with E-state index >= 15 is 0 Å². The quantitative estimate of drug-likeness (QED) is 0.421. The number of carboxylic acids is 1. The third kappa shape index (κ3) is 5.55. The van der Waals surface area contributed by atoms with Crippen LogP contribution in [0.3, 0.4) is 0 Å². The number of nitrogens with one attached hydrogen (secondary N) is 1. The Morgan fingerprint density at radius 1 is 0.912 bits per heavy atom. The van der Waals surface area contributed by atoms with E-state index in [0.717, 1.165) is 11.1 Å². The molecule has 3 rings (SSSR count). The molecule has 0 saturated carbocycles. The summed E-state index contributed by atoms with van der Waals surface area (Å²) in [6.45, 7) is 0. The van der Waals surface area contributed by atoms with E-state index in [9.17, 15) is 14.7 Å². The van der Waals surface area contributed by atoms with Gasteiger partial charge in [0.2, 0.25) is 0 Å². The molecule has 0 heterocycles. The van der Waals surface area contributed by atoms with Crippen molar-refractivity contribution < 1.29 is 28.9 Å². The number of amides is 1. The summed E-state index contributed by atoms with van der Waals surface area (Å²) < 4.78 is 16.3. The maximum atomic E-state index is 12.6. The van der Waals surface area contributed by atoms with Crippen molar-refractivity contribution in [2.75, 3.05) is 21.3 Å². The third-order valence-electron chi connectivity index (χ3n) is 5.19. The van der Waals surface area contributed by atoms with Crippen LogP contribution >= 0.6 is 23.2 Å². The molecule has 0 spiro atoms. The molecule has 3 aromatic carbocycles. The fourth-order valence-electron chi connectivity index (χ4n) is 3.48. The number of benzene rings is 3. The van der Waals surface area contributed by atoms with Gasteiger partial charge in [0.1, 0.15) is 23.3 Å². The maximum Gasteiger partial charge on any atom is 0.326 e. The topological polar surface area (TPSA) is 94.1 Å². The zero-order valence-electron chi connectivity index (χ0n) is 18.7. The predicted octanol–water partition coefficient (Wildman–Crippen LogP) is 5.11. The van der Waals surface area contributed by atoms with E-state index in [1.165, 1.54) is 12.1 Å². The van der Waals surface area contributed by atoms with E-state index in [1.807, 2.05) is 12.1 Å². The maximum absolute atomic E-state index is 12.6. The van der Waals surface area contributed by atoms with Gasteiger partial charge in [-0.3, -0.25) is 4.79 Å². The van der Waals surface area contributed by atoms with Gasteiger partial charge in [-0.1, -0.05) is 53.5 Å². The predicted molar refractivity (Wildman–Crippen MR) is 131 cm³/mol. The van der Waals surface area contributed by atoms with Crippen LogP contribution in [0.1, 0.15) is 15.9 Å². The van der Waals surface area contributed by atoms with Gasteiger partial charge in [0.05, 0.1) is 42.5 Å². The lowest BCUT2D eigenvalue weighted by Crippen LogP contribution is -2.42. The van der Waals surface area contributed by atoms with Crippen LogP contribution < -0.4 is 19.5 Å². The first-order chi connectivity index (χ1) is 16.3. The minimum Gasteiger partial charge on any atom is -0.496 e. The molecule has 7 nitrogen and oxygen atoms in total. The Labute approximate surface area is 207 Å². The first-order valence-corrected chi connectivity index (χ1v) is 10.9. The number of ether oxygens (including phenoxy) is 3. The standard InChI is InChI=1S/C25H23Cl2NO6/c1-32-16-12-20(33-2)22(21(13-16)34-3)15-9-7-14(8-10-15)11-19(25(30)31)28-24(29)23-17(26)5-4-6-18(23)27/h4-10,12-13,19H,11H2,1-3H3,(H,28,29)(H,30,31)/t19-/m0/s1. The highest BCUT2D eigenvalue weighted by Gasteiger charge is 2.24. The Morgan fingerprint density at radius 3 is 1.94 bits per heavy atom. The molecule has 0 aliphatic carbocycles. The van der Waals surface area contributed by atoms with Crippen LogP contribution in [0.25, 0.3) is 11.1 Å². The Morgan fingerprint density at radius 2 is 1.47 bits per heavy atom. The molecule has 34 heavy (non-hydrogen) atoms. The second-order valence-corrected chi connectivity index (χ2v) is 8.08. The average molecular weight is 504 g/mol. The minimum atomic E-state index is -1.18. The van der Waals surface area contributed by atoms with Crippen molar-refractivity contribution in [3.05, 3.63) is 75.8 Å². The zero-order valence-corrected chi connectivity index (χ0v) is 20.2. The fourth-order valence-corrected chi connectivity index (χ4v) is 4.05. The van der Waals surface area contributed by atoms with Crippen molar-refractivity contribution in [2.24, 2.45) is 0 Å². The summed E-state index contributed by atoms with van der Waals surface area (Å²) in [5.74, 6) is -0.119. The normalized spacial score (nSPS) is 11.4. The first kappa shape index (κ1) is 25.2. The van der Waals surface area contributed by atoms with Crippen molar-refractivity contribution in [2.45, 2.75) is 12.5 Å². The molecule has 1 amide bonds. The van der Waals surface area contributed by atoms with Crippen molar-refractivity contribution >= 4 is 35.1 Å². The van der Waals surface area contributed by atoms with E-state index in [0.29, 0.717) is 22.8 Å². The molecule has 0 aliphatic heterocycles. The molecule has 0 aromatic heterocycles. The molecule has 0 unspecified atom stereocenters. The molecule has 0 bridgehead atoms. The lowest BCUT2D eigenvalue weighted by Gasteiger charge is -2.17. The molecule has 0 fully saturated rings. The van der Waals surface area contributed by atoms with Crippen molar-refractivity contribution in [1.82, 2.24) is 5.32 Å². The van der Waals surface area contributed by atoms with Gasteiger partial charge >= 0.3 is 5.97 Å². The zero-order chi connectivity index (χ0) is 24.8. The summed E-state index contributed by atoms with van der Waals surface area (Å²) in [5, 5.41) is 12.4. The number of halogens is 2. The molecule has 3 aromatic rings. The van der Waals surface area contributed by atoms with Crippen LogP contribution in [0.5, 0.6) is 17.2 Å². The highest BCUT2D eigenvalue weighted by molar-refractivity contribution is 6.39. The van der Waals surface area contributed by atoms with E-state index in [2.05, 4.69) is 5.32 Å². The van der Waals surface area contributed by atoms with Crippen molar-refractivity contribution in [3.8, 4) is 28.4 Å². The van der Waals surface area contributed by atoms with E-state index < -0.39 is 17.9 Å². The summed E-state index contributed by atoms with van der Waals surface area (Å²) >= 11 is 12.1. The van der Waals surface area contributed by atoms with Gasteiger partial charge < -0.3 is 24.6 Å². The molecule has 1 atom stereocenters. The highest BCUT2D eigenvalue weighted by atomic mass is 35.5. The van der Waals surface area contributed by atoms with Crippen LogP contribution in [0, 0.1) is 0 Å². The first-order valence-electron chi connectivity index (χ1n) is 10.2. The minimum absolute atomic E-state index is 0.0335. The number of carbonyl (C=O) groups excluding carboxylic acids is 1. The van der Waals surface area contributed by atoms with Gasteiger partial charge in [-0.15, -0.1) is 0 Å². The smallest absolute Gasteiger partial charge is 0.326 e. The van der Waals surface area contributed by atoms with Gasteiger partial charge in [-0.05, 0) is 23.3 Å². The van der Waals surface area contributed by atoms with Crippen LogP contribution in [-0.2, 0) is 11.2 Å². The SMILES string of the molecule is COc1cc(OC)c(-c2ccc(C[C@H](NC(=O)c3c(Cl)cccc3Cl)C(=O)O)cc2)c(OC)c1. The average Bonchev–Trinajstić information content (AvgIpc) is 2.83. The fraction of sp³-hybridized carbons (Fsp3) is 0.200. The second kappa shape index (κ2) is 11.1. The Balaban J connectivity index is 1.84. The Kier molecular flexibility index (Phi) is 8.26. The highest BCUT2D eigenvalue weighted by Crippen LogP contribution is 2.41. The third-order valence-corrected chi connectivity index (χ3v) is 5.82. The Hall–Kier alpha value is -3.42. The molecule has 0 aliphatic rings. The monoisotopic (exact) mass is 503 g/mol. The van der Waals surface area contributed by atoms with Crippen molar-refractivity contribution in [3.63, 3.8) is 0 Å². The van der Waals surface area contributed by atoms with Gasteiger partial charge in [0.15, 0.2) is 0 Å². The number of hydrogen-bond acceptors (Lipinski definition) is 5. The van der Waals surface area contributed by atoms with Crippen LogP contribution in [0.15, 0.2) is 54.6 Å². The number of carbonyl (C=O) groups is 2. The van der Waals surface area contributed by atoms with Gasteiger partial charge in [-0.25, -0.2) is 4.79 Å². The van der Waals surface area contributed by atoms with E-state index in [-0.39, 0.29) is 22.0 Å². The van der Waals surface area contributed by atoms with Gasteiger partial charge in [-0.2, -0.15) is 0 Å². The summed E-state index contributed by atoms with van der Waals surface area (Å²) in [4.78, 5) is 24.5. The largest absolute Gasteiger partial charge is 0.496 e. The molecule has 178 valence electrons. The summed E-state index contributed by atoms with van der Waals surface area (Å²) in [7, 11) is 4.66. The second-order valence-electron chi connectivity index (χ2n) is 7.27. The molecule has 0 saturated heterocycles. The molecule has 0 radical (unpaired) electrons. The Bertz CT molecular complexity index is 1150. The summed E-state index contributed by atoms with van der Waals surface area (Å²) in [6, 6.07) is 14.2. The molecular weight excluding hydrogens is 481 g/mol. The number of aliphatic carboxylic acids is 1. The van der Waals surface area contributed by atoms with E-state index in [1.54, 1.807) is 51.7 Å². The van der Waals surface area contributed by atoms with Gasteiger partial charge in [0, 0.05) is 18.6 Å². The van der Waals surface area contributed by atoms with Crippen LogP contribution in [0.2, 0.25) is 10.0 Å². The lowest BCUT2D eigenvalue weighted by atomic mass is 9.99.